The smallest absolute Gasteiger partial charge is 0.189 e. The first kappa shape index (κ1) is 22.3. The molecule has 3 rings (SSSR count). The quantitative estimate of drug-likeness (QED) is 0.371. The highest BCUT2D eigenvalue weighted by atomic mass is 19.1. The molecule has 0 spiro atoms. The summed E-state index contributed by atoms with van der Waals surface area (Å²) in [7, 11) is 4.90. The summed E-state index contributed by atoms with van der Waals surface area (Å²) in [5.41, 5.74) is 9.21. The second kappa shape index (κ2) is 10.6. The standard InChI is InChI=1S/C23H26FN3O4/c1-26-17-5-6-18(20(24)12-17)19-10-16(13-27-23(19)25)15-4-7-21(22(11-15)29-3)31-14-30-9-8-28-2/h4-7,10-13,26H,8-9,14H2,1-3H3,(H2,25,27). The number of nitrogens with one attached hydrogen (secondary N) is 1. The van der Waals surface area contributed by atoms with Crippen LogP contribution in [0.1, 0.15) is 0 Å². The topological polar surface area (TPSA) is 87.9 Å². The molecular weight excluding hydrogens is 401 g/mol. The van der Waals surface area contributed by atoms with Crippen molar-refractivity contribution in [2.45, 2.75) is 0 Å². The molecule has 3 aromatic rings. The van der Waals surface area contributed by atoms with Crippen LogP contribution in [0.15, 0.2) is 48.7 Å². The van der Waals surface area contributed by atoms with Crippen LogP contribution in [0, 0.1) is 5.82 Å². The van der Waals surface area contributed by atoms with Crippen LogP contribution in [-0.4, -0.2) is 46.3 Å². The summed E-state index contributed by atoms with van der Waals surface area (Å²) in [5, 5.41) is 2.91. The fourth-order valence-electron chi connectivity index (χ4n) is 3.01. The maximum atomic E-state index is 14.6. The predicted octanol–water partition coefficient (Wildman–Crippen LogP) is 4.19. The summed E-state index contributed by atoms with van der Waals surface area (Å²) >= 11 is 0. The van der Waals surface area contributed by atoms with Gasteiger partial charge in [-0.2, -0.15) is 0 Å². The van der Waals surface area contributed by atoms with Gasteiger partial charge in [-0.25, -0.2) is 9.37 Å². The first-order valence-corrected chi connectivity index (χ1v) is 9.68. The zero-order chi connectivity index (χ0) is 22.2. The van der Waals surface area contributed by atoms with Crippen LogP contribution in [0.25, 0.3) is 22.3 Å². The van der Waals surface area contributed by atoms with Gasteiger partial charge >= 0.3 is 0 Å². The summed E-state index contributed by atoms with van der Waals surface area (Å²) in [6.45, 7) is 1.00. The minimum Gasteiger partial charge on any atom is -0.493 e. The highest BCUT2D eigenvalue weighted by Gasteiger charge is 2.13. The van der Waals surface area contributed by atoms with E-state index in [9.17, 15) is 4.39 Å². The lowest BCUT2D eigenvalue weighted by Gasteiger charge is -2.14. The minimum atomic E-state index is -0.382. The van der Waals surface area contributed by atoms with Gasteiger partial charge in [0, 0.05) is 42.7 Å². The Kier molecular flexibility index (Phi) is 7.64. The van der Waals surface area contributed by atoms with Crippen molar-refractivity contribution in [1.82, 2.24) is 4.98 Å². The summed E-state index contributed by atoms with van der Waals surface area (Å²) in [4.78, 5) is 4.26. The summed E-state index contributed by atoms with van der Waals surface area (Å²) in [6.07, 6.45) is 1.64. The second-order valence-corrected chi connectivity index (χ2v) is 6.63. The van der Waals surface area contributed by atoms with Crippen molar-refractivity contribution in [3.63, 3.8) is 0 Å². The van der Waals surface area contributed by atoms with E-state index >= 15 is 0 Å². The molecule has 1 heterocycles. The van der Waals surface area contributed by atoms with Gasteiger partial charge in [-0.1, -0.05) is 6.07 Å². The first-order valence-electron chi connectivity index (χ1n) is 9.68. The second-order valence-electron chi connectivity index (χ2n) is 6.63. The van der Waals surface area contributed by atoms with Gasteiger partial charge in [-0.15, -0.1) is 0 Å². The van der Waals surface area contributed by atoms with Crippen LogP contribution in [0.5, 0.6) is 11.5 Å². The van der Waals surface area contributed by atoms with Crippen LogP contribution >= 0.6 is 0 Å². The Labute approximate surface area is 180 Å². The van der Waals surface area contributed by atoms with E-state index in [1.165, 1.54) is 6.07 Å². The number of nitrogens with two attached hydrogens (primary N) is 1. The van der Waals surface area contributed by atoms with Gasteiger partial charge in [0.05, 0.1) is 20.3 Å². The molecule has 0 unspecified atom stereocenters. The number of methoxy groups -OCH3 is 2. The molecule has 0 radical (unpaired) electrons. The van der Waals surface area contributed by atoms with E-state index in [2.05, 4.69) is 10.3 Å². The Morgan fingerprint density at radius 3 is 2.52 bits per heavy atom. The summed E-state index contributed by atoms with van der Waals surface area (Å²) in [6, 6.07) is 12.2. The van der Waals surface area contributed by atoms with Crippen LogP contribution < -0.4 is 20.5 Å². The molecule has 2 aromatic carbocycles. The zero-order valence-corrected chi connectivity index (χ0v) is 17.8. The van der Waals surface area contributed by atoms with Crippen molar-refractivity contribution in [2.75, 3.05) is 52.3 Å². The van der Waals surface area contributed by atoms with Crippen LogP contribution in [-0.2, 0) is 9.47 Å². The monoisotopic (exact) mass is 427 g/mol. The van der Waals surface area contributed by atoms with Gasteiger partial charge in [0.2, 0.25) is 0 Å². The Hall–Kier alpha value is -3.36. The van der Waals surface area contributed by atoms with Crippen LogP contribution in [0.3, 0.4) is 0 Å². The number of hydrogen-bond donors (Lipinski definition) is 2. The molecule has 31 heavy (non-hydrogen) atoms. The molecule has 0 amide bonds. The molecule has 0 fully saturated rings. The molecule has 7 nitrogen and oxygen atoms in total. The van der Waals surface area contributed by atoms with Crippen LogP contribution in [0.2, 0.25) is 0 Å². The summed E-state index contributed by atoms with van der Waals surface area (Å²) in [5.74, 6) is 0.948. The molecule has 0 saturated heterocycles. The lowest BCUT2D eigenvalue weighted by Crippen LogP contribution is -2.08. The van der Waals surface area contributed by atoms with Gasteiger partial charge in [-0.05, 0) is 42.0 Å². The molecule has 0 bridgehead atoms. The van der Waals surface area contributed by atoms with Crippen molar-refractivity contribution < 1.29 is 23.3 Å². The van der Waals surface area contributed by atoms with Gasteiger partial charge in [-0.3, -0.25) is 0 Å². The van der Waals surface area contributed by atoms with Crippen molar-refractivity contribution in [2.24, 2.45) is 0 Å². The van der Waals surface area contributed by atoms with Crippen molar-refractivity contribution in [3.8, 4) is 33.8 Å². The number of aromatic nitrogens is 1. The largest absolute Gasteiger partial charge is 0.493 e. The normalized spacial score (nSPS) is 10.7. The predicted molar refractivity (Wildman–Crippen MR) is 119 cm³/mol. The van der Waals surface area contributed by atoms with E-state index in [4.69, 9.17) is 24.7 Å². The number of hydrogen-bond acceptors (Lipinski definition) is 7. The minimum absolute atomic E-state index is 0.0779. The lowest BCUT2D eigenvalue weighted by atomic mass is 10.00. The first-order chi connectivity index (χ1) is 15.1. The van der Waals surface area contributed by atoms with Gasteiger partial charge in [0.15, 0.2) is 18.3 Å². The average Bonchev–Trinajstić information content (AvgIpc) is 2.79. The van der Waals surface area contributed by atoms with E-state index in [1.54, 1.807) is 45.7 Å². The van der Waals surface area contributed by atoms with E-state index in [1.807, 2.05) is 18.2 Å². The molecule has 1 aromatic heterocycles. The van der Waals surface area contributed by atoms with Crippen molar-refractivity contribution in [1.29, 1.82) is 0 Å². The maximum Gasteiger partial charge on any atom is 0.189 e. The fraction of sp³-hybridized carbons (Fsp3) is 0.261. The highest BCUT2D eigenvalue weighted by Crippen LogP contribution is 2.36. The average molecular weight is 427 g/mol. The van der Waals surface area contributed by atoms with E-state index in [0.717, 1.165) is 11.1 Å². The molecule has 0 aliphatic carbocycles. The number of rotatable bonds is 10. The van der Waals surface area contributed by atoms with Crippen LogP contribution in [0.4, 0.5) is 15.9 Å². The Bertz CT molecular complexity index is 1030. The molecule has 0 atom stereocenters. The Morgan fingerprint density at radius 1 is 0.968 bits per heavy atom. The molecule has 0 aliphatic heterocycles. The molecule has 164 valence electrons. The van der Waals surface area contributed by atoms with E-state index in [-0.39, 0.29) is 18.4 Å². The third-order valence-electron chi connectivity index (χ3n) is 4.69. The highest BCUT2D eigenvalue weighted by molar-refractivity contribution is 5.80. The number of nitrogen functional groups attached to an aromatic ring is 1. The Balaban J connectivity index is 1.87. The summed E-state index contributed by atoms with van der Waals surface area (Å²) < 4.78 is 36.0. The maximum absolute atomic E-state index is 14.6. The molecule has 3 N–H and O–H groups in total. The van der Waals surface area contributed by atoms with Gasteiger partial charge < -0.3 is 30.0 Å². The number of benzene rings is 2. The Morgan fingerprint density at radius 2 is 1.81 bits per heavy atom. The molecule has 0 aliphatic rings. The van der Waals surface area contributed by atoms with Crippen molar-refractivity contribution in [3.05, 3.63) is 54.5 Å². The third-order valence-corrected chi connectivity index (χ3v) is 4.69. The SMILES string of the molecule is CNc1ccc(-c2cc(-c3ccc(OCOCCOC)c(OC)c3)cnc2N)c(F)c1. The van der Waals surface area contributed by atoms with E-state index < -0.39 is 0 Å². The molecule has 0 saturated carbocycles. The zero-order valence-electron chi connectivity index (χ0n) is 17.8. The molecule has 8 heteroatoms. The van der Waals surface area contributed by atoms with Gasteiger partial charge in [0.25, 0.3) is 0 Å². The molecular formula is C23H26FN3O4. The number of ether oxygens (including phenoxy) is 4. The van der Waals surface area contributed by atoms with E-state index in [0.29, 0.717) is 41.5 Å². The number of pyridine rings is 1. The number of halogens is 1. The van der Waals surface area contributed by atoms with Crippen molar-refractivity contribution >= 4 is 11.5 Å². The fourth-order valence-corrected chi connectivity index (χ4v) is 3.01. The number of nitrogens with zero attached hydrogens (tertiary/aromatic N) is 1. The van der Waals surface area contributed by atoms with Gasteiger partial charge in [0.1, 0.15) is 11.6 Å². The third kappa shape index (κ3) is 5.42. The number of anilines is 2. The lowest BCUT2D eigenvalue weighted by molar-refractivity contribution is -0.00944.